The number of piperidine rings is 2. The van der Waals surface area contributed by atoms with Crippen molar-refractivity contribution in [2.75, 3.05) is 20.6 Å². The minimum absolute atomic E-state index is 0.0954. The van der Waals surface area contributed by atoms with Crippen molar-refractivity contribution in [2.45, 2.75) is 25.3 Å². The van der Waals surface area contributed by atoms with Crippen LogP contribution in [-0.2, 0) is 9.59 Å². The van der Waals surface area contributed by atoms with E-state index in [0.717, 1.165) is 19.4 Å². The second-order valence-electron chi connectivity index (χ2n) is 5.44. The quantitative estimate of drug-likeness (QED) is 0.592. The van der Waals surface area contributed by atoms with Gasteiger partial charge in [-0.15, -0.1) is 0 Å². The van der Waals surface area contributed by atoms with E-state index in [0.29, 0.717) is 18.3 Å². The summed E-state index contributed by atoms with van der Waals surface area (Å²) in [7, 11) is 3.73. The Labute approximate surface area is 95.6 Å². The highest BCUT2D eigenvalue weighted by molar-refractivity contribution is 5.85. The lowest BCUT2D eigenvalue weighted by atomic mass is 9.54. The van der Waals surface area contributed by atoms with E-state index in [1.807, 2.05) is 23.9 Å². The predicted octanol–water partition coefficient (Wildman–Crippen LogP) is 0.331. The lowest BCUT2D eigenvalue weighted by molar-refractivity contribution is -0.174. The van der Waals surface area contributed by atoms with Crippen LogP contribution in [0.3, 0.4) is 0 Å². The summed E-state index contributed by atoms with van der Waals surface area (Å²) < 4.78 is 0. The van der Waals surface area contributed by atoms with Gasteiger partial charge in [-0.25, -0.2) is 0 Å². The van der Waals surface area contributed by atoms with E-state index < -0.39 is 0 Å². The van der Waals surface area contributed by atoms with Crippen LogP contribution < -0.4 is 0 Å². The van der Waals surface area contributed by atoms with Crippen molar-refractivity contribution in [1.29, 1.82) is 0 Å². The van der Waals surface area contributed by atoms with E-state index in [2.05, 4.69) is 0 Å². The van der Waals surface area contributed by atoms with Crippen LogP contribution >= 0.6 is 0 Å². The molecule has 16 heavy (non-hydrogen) atoms. The standard InChI is InChI=1S/C12H18N2O2/c1-13-6-5-7-8-3-4-9(15)14(2)11(8)10(7)12(13)16/h7-8,10-11H,3-6H2,1-2H3. The maximum absolute atomic E-state index is 12.1. The third kappa shape index (κ3) is 1.10. The minimum Gasteiger partial charge on any atom is -0.345 e. The van der Waals surface area contributed by atoms with E-state index in [9.17, 15) is 9.59 Å². The molecule has 1 aliphatic carbocycles. The number of hydrogen-bond acceptors (Lipinski definition) is 2. The molecule has 0 N–H and O–H groups in total. The zero-order chi connectivity index (χ0) is 11.4. The summed E-state index contributed by atoms with van der Waals surface area (Å²) in [5, 5.41) is 0. The van der Waals surface area contributed by atoms with Crippen molar-refractivity contribution in [3.8, 4) is 0 Å². The molecule has 3 rings (SSSR count). The summed E-state index contributed by atoms with van der Waals surface area (Å²) in [6, 6.07) is 0.196. The number of nitrogens with zero attached hydrogens (tertiary/aromatic N) is 2. The molecular weight excluding hydrogens is 204 g/mol. The third-order valence-electron chi connectivity index (χ3n) is 4.81. The second kappa shape index (κ2) is 3.22. The fourth-order valence-corrected chi connectivity index (χ4v) is 3.87. The number of likely N-dealkylation sites (tertiary alicyclic amines) is 2. The van der Waals surface area contributed by atoms with E-state index in [1.165, 1.54) is 0 Å². The van der Waals surface area contributed by atoms with Crippen molar-refractivity contribution < 1.29 is 9.59 Å². The van der Waals surface area contributed by atoms with Crippen molar-refractivity contribution >= 4 is 11.8 Å². The van der Waals surface area contributed by atoms with Gasteiger partial charge in [-0.3, -0.25) is 9.59 Å². The monoisotopic (exact) mass is 222 g/mol. The largest absolute Gasteiger partial charge is 0.345 e. The van der Waals surface area contributed by atoms with Crippen LogP contribution in [0.15, 0.2) is 0 Å². The highest BCUT2D eigenvalue weighted by atomic mass is 16.2. The summed E-state index contributed by atoms with van der Waals surface area (Å²) >= 11 is 0. The number of hydrogen-bond donors (Lipinski definition) is 0. The van der Waals surface area contributed by atoms with Crippen molar-refractivity contribution in [3.63, 3.8) is 0 Å². The number of carbonyl (C=O) groups excluding carboxylic acids is 2. The maximum atomic E-state index is 12.1. The van der Waals surface area contributed by atoms with E-state index in [-0.39, 0.29) is 23.8 Å². The molecule has 4 atom stereocenters. The van der Waals surface area contributed by atoms with E-state index >= 15 is 0 Å². The molecule has 2 amide bonds. The summed E-state index contributed by atoms with van der Waals surface area (Å²) in [5.41, 5.74) is 0. The Morgan fingerprint density at radius 1 is 1.12 bits per heavy atom. The van der Waals surface area contributed by atoms with Gasteiger partial charge in [0.1, 0.15) is 0 Å². The Morgan fingerprint density at radius 3 is 2.62 bits per heavy atom. The number of fused-ring (bicyclic) bond motifs is 4. The van der Waals surface area contributed by atoms with Gasteiger partial charge in [0.15, 0.2) is 0 Å². The van der Waals surface area contributed by atoms with Gasteiger partial charge in [-0.2, -0.15) is 0 Å². The Bertz CT molecular complexity index is 355. The number of amides is 2. The molecule has 2 saturated heterocycles. The van der Waals surface area contributed by atoms with Gasteiger partial charge >= 0.3 is 0 Å². The first-order valence-electron chi connectivity index (χ1n) is 6.12. The molecule has 0 bridgehead atoms. The Balaban J connectivity index is 1.86. The summed E-state index contributed by atoms with van der Waals surface area (Å²) in [4.78, 5) is 27.4. The molecule has 3 aliphatic rings. The molecule has 2 aliphatic heterocycles. The normalized spacial score (nSPS) is 42.6. The molecule has 3 fully saturated rings. The SMILES string of the molecule is CN1CCC2C3CCC(=O)N(C)C3C2C1=O. The van der Waals surface area contributed by atoms with Crippen molar-refractivity contribution in [3.05, 3.63) is 0 Å². The average Bonchev–Trinajstić information content (AvgIpc) is 2.23. The summed E-state index contributed by atoms with van der Waals surface area (Å²) in [6.07, 6.45) is 2.78. The lowest BCUT2D eigenvalue weighted by Crippen LogP contribution is -2.68. The molecule has 0 spiro atoms. The summed E-state index contributed by atoms with van der Waals surface area (Å²) in [6.45, 7) is 0.890. The highest BCUT2D eigenvalue weighted by Gasteiger charge is 2.59. The van der Waals surface area contributed by atoms with Gasteiger partial charge in [-0.05, 0) is 24.7 Å². The molecule has 4 heteroatoms. The lowest BCUT2D eigenvalue weighted by Gasteiger charge is -2.59. The molecule has 4 unspecified atom stereocenters. The van der Waals surface area contributed by atoms with Crippen LogP contribution in [0.2, 0.25) is 0 Å². The Kier molecular flexibility index (Phi) is 2.03. The second-order valence-corrected chi connectivity index (χ2v) is 5.44. The topological polar surface area (TPSA) is 40.6 Å². The van der Waals surface area contributed by atoms with Crippen molar-refractivity contribution in [2.24, 2.45) is 17.8 Å². The third-order valence-corrected chi connectivity index (χ3v) is 4.81. The fraction of sp³-hybridized carbons (Fsp3) is 0.833. The van der Waals surface area contributed by atoms with Gasteiger partial charge < -0.3 is 9.80 Å². The van der Waals surface area contributed by atoms with Crippen LogP contribution in [0.5, 0.6) is 0 Å². The first-order chi connectivity index (χ1) is 7.61. The predicted molar refractivity (Wildman–Crippen MR) is 58.5 cm³/mol. The van der Waals surface area contributed by atoms with Gasteiger partial charge in [0, 0.05) is 33.1 Å². The highest BCUT2D eigenvalue weighted by Crippen LogP contribution is 2.52. The van der Waals surface area contributed by atoms with Crippen LogP contribution in [-0.4, -0.2) is 48.3 Å². The molecule has 4 nitrogen and oxygen atoms in total. The van der Waals surface area contributed by atoms with Crippen LogP contribution in [0.25, 0.3) is 0 Å². The minimum atomic E-state index is 0.0954. The zero-order valence-corrected chi connectivity index (χ0v) is 9.85. The Hall–Kier alpha value is -1.06. The molecule has 0 aromatic heterocycles. The number of carbonyl (C=O) groups is 2. The maximum Gasteiger partial charge on any atom is 0.227 e. The van der Waals surface area contributed by atoms with Gasteiger partial charge in [0.2, 0.25) is 11.8 Å². The molecule has 0 aromatic rings. The van der Waals surface area contributed by atoms with E-state index in [1.54, 1.807) is 0 Å². The first-order valence-corrected chi connectivity index (χ1v) is 6.12. The molecule has 1 saturated carbocycles. The average molecular weight is 222 g/mol. The Morgan fingerprint density at radius 2 is 1.88 bits per heavy atom. The molecule has 88 valence electrons. The van der Waals surface area contributed by atoms with Gasteiger partial charge in [0.25, 0.3) is 0 Å². The molecule has 2 heterocycles. The molecule has 0 radical (unpaired) electrons. The smallest absolute Gasteiger partial charge is 0.227 e. The molecule has 0 aromatic carbocycles. The van der Waals surface area contributed by atoms with Crippen molar-refractivity contribution in [1.82, 2.24) is 9.80 Å². The zero-order valence-electron chi connectivity index (χ0n) is 9.85. The van der Waals surface area contributed by atoms with E-state index in [4.69, 9.17) is 0 Å². The first kappa shape index (κ1) is 10.1. The van der Waals surface area contributed by atoms with Gasteiger partial charge in [-0.1, -0.05) is 0 Å². The fourth-order valence-electron chi connectivity index (χ4n) is 3.87. The van der Waals surface area contributed by atoms with Crippen LogP contribution in [0.4, 0.5) is 0 Å². The molecular formula is C12H18N2O2. The number of rotatable bonds is 0. The van der Waals surface area contributed by atoms with Crippen LogP contribution in [0.1, 0.15) is 19.3 Å². The summed E-state index contributed by atoms with van der Waals surface area (Å²) in [5.74, 6) is 1.69. The van der Waals surface area contributed by atoms with Crippen LogP contribution in [0, 0.1) is 17.8 Å². The van der Waals surface area contributed by atoms with Gasteiger partial charge in [0.05, 0.1) is 5.92 Å².